The summed E-state index contributed by atoms with van der Waals surface area (Å²) in [4.78, 5) is 3.60. The van der Waals surface area contributed by atoms with Crippen LogP contribution in [0.3, 0.4) is 0 Å². The molecule has 4 heteroatoms. The molecule has 2 N–H and O–H groups in total. The van der Waals surface area contributed by atoms with Crippen LogP contribution in [0.1, 0.15) is 0 Å². The van der Waals surface area contributed by atoms with Crippen molar-refractivity contribution in [1.82, 2.24) is 4.98 Å². The number of nitrogens with zero attached hydrogens (tertiary/aromatic N) is 1. The lowest BCUT2D eigenvalue weighted by Gasteiger charge is -2.11. The highest BCUT2D eigenvalue weighted by Gasteiger charge is 2.22. The van der Waals surface area contributed by atoms with Crippen LogP contribution in [0.15, 0.2) is 72.8 Å². The third-order valence-electron chi connectivity index (χ3n) is 4.91. The minimum atomic E-state index is 0.732. The number of hydrogen-bond acceptors (Lipinski definition) is 1. The van der Waals surface area contributed by atoms with Crippen molar-refractivity contribution in [2.45, 2.75) is 0 Å². The van der Waals surface area contributed by atoms with Gasteiger partial charge in [0.1, 0.15) is 12.6 Å². The van der Waals surface area contributed by atoms with Gasteiger partial charge < -0.3 is 10.3 Å². The van der Waals surface area contributed by atoms with Crippen LogP contribution >= 0.6 is 11.6 Å². The van der Waals surface area contributed by atoms with Crippen LogP contribution in [0.2, 0.25) is 5.02 Å². The predicted molar refractivity (Wildman–Crippen MR) is 109 cm³/mol. The van der Waals surface area contributed by atoms with Crippen molar-refractivity contribution in [3.63, 3.8) is 0 Å². The first kappa shape index (κ1) is 15.2. The third kappa shape index (κ3) is 2.25. The lowest BCUT2D eigenvalue weighted by atomic mass is 10.1. The van der Waals surface area contributed by atoms with E-state index in [0.717, 1.165) is 27.4 Å². The van der Waals surface area contributed by atoms with Crippen molar-refractivity contribution in [2.24, 2.45) is 7.05 Å². The Hall–Kier alpha value is -3.04. The molecule has 0 aliphatic heterocycles. The van der Waals surface area contributed by atoms with Crippen molar-refractivity contribution in [2.75, 3.05) is 5.32 Å². The molecule has 126 valence electrons. The van der Waals surface area contributed by atoms with Crippen LogP contribution in [0.25, 0.3) is 32.8 Å². The molecule has 0 aliphatic rings. The van der Waals surface area contributed by atoms with Crippen LogP contribution in [0, 0.1) is 0 Å². The van der Waals surface area contributed by atoms with Gasteiger partial charge in [-0.2, -0.15) is 4.57 Å². The highest BCUT2D eigenvalue weighted by atomic mass is 35.5. The number of rotatable bonds is 2. The zero-order valence-electron chi connectivity index (χ0n) is 14.3. The van der Waals surface area contributed by atoms with E-state index in [1.54, 1.807) is 0 Å². The SMILES string of the molecule is C[n+]1c2ccccc2c(Nc2ccc(Cl)cc2)c2[nH]c3ccccc3c21. The number of para-hydroxylation sites is 2. The summed E-state index contributed by atoms with van der Waals surface area (Å²) in [5, 5.41) is 6.72. The Balaban J connectivity index is 1.89. The van der Waals surface area contributed by atoms with Crippen LogP contribution in [0.4, 0.5) is 11.4 Å². The predicted octanol–water partition coefficient (Wildman–Crippen LogP) is 5.70. The molecule has 0 saturated carbocycles. The topological polar surface area (TPSA) is 31.7 Å². The number of pyridine rings is 1. The molecule has 0 spiro atoms. The zero-order valence-corrected chi connectivity index (χ0v) is 15.0. The lowest BCUT2D eigenvalue weighted by molar-refractivity contribution is -0.616. The normalized spacial score (nSPS) is 11.5. The monoisotopic (exact) mass is 358 g/mol. The Morgan fingerprint density at radius 1 is 0.846 bits per heavy atom. The Morgan fingerprint density at radius 3 is 2.35 bits per heavy atom. The van der Waals surface area contributed by atoms with Gasteiger partial charge in [0.05, 0.1) is 22.0 Å². The van der Waals surface area contributed by atoms with E-state index in [-0.39, 0.29) is 0 Å². The molecule has 0 atom stereocenters. The summed E-state index contributed by atoms with van der Waals surface area (Å²) in [5.41, 5.74) is 6.69. The molecule has 0 amide bonds. The number of anilines is 2. The van der Waals surface area contributed by atoms with Gasteiger partial charge in [-0.05, 0) is 42.5 Å². The van der Waals surface area contributed by atoms with Crippen molar-refractivity contribution in [3.05, 3.63) is 77.8 Å². The summed E-state index contributed by atoms with van der Waals surface area (Å²) in [5.74, 6) is 0. The summed E-state index contributed by atoms with van der Waals surface area (Å²) in [7, 11) is 2.12. The molecule has 5 aromatic rings. The van der Waals surface area contributed by atoms with E-state index < -0.39 is 0 Å². The summed E-state index contributed by atoms with van der Waals surface area (Å²) >= 11 is 6.04. The maximum Gasteiger partial charge on any atom is 0.240 e. The van der Waals surface area contributed by atoms with Crippen molar-refractivity contribution in [1.29, 1.82) is 0 Å². The van der Waals surface area contributed by atoms with Gasteiger partial charge >= 0.3 is 0 Å². The Bertz CT molecular complexity index is 1270. The van der Waals surface area contributed by atoms with Crippen LogP contribution in [-0.4, -0.2) is 4.98 Å². The number of nitrogens with one attached hydrogen (secondary N) is 2. The number of fused-ring (bicyclic) bond motifs is 4. The Kier molecular flexibility index (Phi) is 3.37. The van der Waals surface area contributed by atoms with Gasteiger partial charge in [0.15, 0.2) is 0 Å². The summed E-state index contributed by atoms with van der Waals surface area (Å²) in [6.45, 7) is 0. The maximum atomic E-state index is 6.04. The largest absolute Gasteiger partial charge is 0.353 e. The van der Waals surface area contributed by atoms with E-state index in [0.29, 0.717) is 0 Å². The molecule has 0 radical (unpaired) electrons. The van der Waals surface area contributed by atoms with Gasteiger partial charge in [-0.15, -0.1) is 0 Å². The van der Waals surface area contributed by atoms with E-state index in [2.05, 4.69) is 70.4 Å². The van der Waals surface area contributed by atoms with E-state index in [1.165, 1.54) is 21.8 Å². The smallest absolute Gasteiger partial charge is 0.240 e. The summed E-state index contributed by atoms with van der Waals surface area (Å²) in [6, 6.07) is 24.7. The van der Waals surface area contributed by atoms with Crippen molar-refractivity contribution in [3.8, 4) is 0 Å². The standard InChI is InChI=1S/C22H16ClN3/c1-26-19-9-5-3-7-17(19)20(24-15-12-10-14(23)11-13-15)21-22(26)16-6-2-4-8-18(16)25-21/h2-13H,1H3,(H,24,25)/p+1. The first-order valence-corrected chi connectivity index (χ1v) is 8.94. The highest BCUT2D eigenvalue weighted by molar-refractivity contribution is 6.30. The number of H-pyrrole nitrogens is 1. The van der Waals surface area contributed by atoms with Gasteiger partial charge in [0, 0.05) is 16.8 Å². The Morgan fingerprint density at radius 2 is 1.54 bits per heavy atom. The first-order chi connectivity index (χ1) is 12.7. The van der Waals surface area contributed by atoms with E-state index in [9.17, 15) is 0 Å². The number of halogens is 1. The van der Waals surface area contributed by atoms with Crippen LogP contribution < -0.4 is 9.88 Å². The minimum Gasteiger partial charge on any atom is -0.353 e. The van der Waals surface area contributed by atoms with Crippen molar-refractivity contribution >= 4 is 55.8 Å². The molecule has 0 fully saturated rings. The molecular weight excluding hydrogens is 342 g/mol. The number of hydrogen-bond donors (Lipinski definition) is 2. The molecule has 2 aromatic heterocycles. The van der Waals surface area contributed by atoms with Gasteiger partial charge in [-0.3, -0.25) is 0 Å². The van der Waals surface area contributed by atoms with Crippen molar-refractivity contribution < 1.29 is 4.57 Å². The maximum absolute atomic E-state index is 6.04. The molecule has 26 heavy (non-hydrogen) atoms. The number of aryl methyl sites for hydroxylation is 1. The second kappa shape index (κ2) is 5.75. The second-order valence-corrected chi connectivity index (χ2v) is 6.91. The molecule has 3 aromatic carbocycles. The molecule has 0 saturated heterocycles. The molecule has 3 nitrogen and oxygen atoms in total. The quantitative estimate of drug-likeness (QED) is 0.390. The zero-order chi connectivity index (χ0) is 17.7. The van der Waals surface area contributed by atoms with E-state index >= 15 is 0 Å². The molecule has 0 aliphatic carbocycles. The van der Waals surface area contributed by atoms with E-state index in [1.807, 2.05) is 24.3 Å². The molecule has 0 bridgehead atoms. The van der Waals surface area contributed by atoms with Crippen LogP contribution in [-0.2, 0) is 7.05 Å². The molecular formula is C22H17ClN3+. The third-order valence-corrected chi connectivity index (χ3v) is 5.16. The number of benzene rings is 3. The second-order valence-electron chi connectivity index (χ2n) is 6.48. The molecule has 2 heterocycles. The molecule has 0 unspecified atom stereocenters. The van der Waals surface area contributed by atoms with E-state index in [4.69, 9.17) is 11.6 Å². The van der Waals surface area contributed by atoms with Gasteiger partial charge in [-0.25, -0.2) is 0 Å². The lowest BCUT2D eigenvalue weighted by Crippen LogP contribution is -2.30. The van der Waals surface area contributed by atoms with Gasteiger partial charge in [-0.1, -0.05) is 35.9 Å². The first-order valence-electron chi connectivity index (χ1n) is 8.56. The average molecular weight is 359 g/mol. The molecule has 5 rings (SSSR count). The summed E-state index contributed by atoms with van der Waals surface area (Å²) < 4.78 is 2.26. The fraction of sp³-hybridized carbons (Fsp3) is 0.0455. The Labute approximate surface area is 155 Å². The number of aromatic nitrogens is 2. The van der Waals surface area contributed by atoms with Crippen LogP contribution in [0.5, 0.6) is 0 Å². The van der Waals surface area contributed by atoms with Gasteiger partial charge in [0.25, 0.3) is 0 Å². The highest BCUT2D eigenvalue weighted by Crippen LogP contribution is 2.35. The number of aromatic amines is 1. The fourth-order valence-electron chi connectivity index (χ4n) is 3.70. The minimum absolute atomic E-state index is 0.732. The fourth-order valence-corrected chi connectivity index (χ4v) is 3.82. The summed E-state index contributed by atoms with van der Waals surface area (Å²) in [6.07, 6.45) is 0. The van der Waals surface area contributed by atoms with Gasteiger partial charge in [0.2, 0.25) is 11.0 Å². The average Bonchev–Trinajstić information content (AvgIpc) is 3.06.